The largest absolute Gasteiger partial charge is 0.495 e. The van der Waals surface area contributed by atoms with E-state index in [1.165, 1.54) is 0 Å². The number of benzene rings is 1. The third-order valence-electron chi connectivity index (χ3n) is 4.02. The summed E-state index contributed by atoms with van der Waals surface area (Å²) in [6, 6.07) is 5.43. The number of carbonyl (C=O) groups is 1. The Balaban J connectivity index is 2.21. The topological polar surface area (TPSA) is 64.3 Å². The molecule has 0 radical (unpaired) electrons. The van der Waals surface area contributed by atoms with Crippen LogP contribution in [-0.4, -0.2) is 18.0 Å². The third-order valence-corrected chi connectivity index (χ3v) is 5.07. The average molecular weight is 371 g/mol. The molecule has 1 aromatic rings. The van der Waals surface area contributed by atoms with Gasteiger partial charge in [0.1, 0.15) is 5.75 Å². The van der Waals surface area contributed by atoms with Crippen molar-refractivity contribution in [1.29, 1.82) is 0 Å². The Morgan fingerprint density at radius 1 is 1.38 bits per heavy atom. The molecule has 1 fully saturated rings. The molecule has 0 atom stereocenters. The fraction of sp³-hybridized carbons (Fsp3) is 0.467. The van der Waals surface area contributed by atoms with Crippen molar-refractivity contribution in [3.05, 3.63) is 22.7 Å². The first-order chi connectivity index (χ1) is 9.99. The lowest BCUT2D eigenvalue weighted by Gasteiger charge is -2.34. The summed E-state index contributed by atoms with van der Waals surface area (Å²) < 4.78 is 6.07. The number of hydrogen-bond acceptors (Lipinski definition) is 3. The average Bonchev–Trinajstić information content (AvgIpc) is 2.49. The van der Waals surface area contributed by atoms with Crippen LogP contribution in [0.5, 0.6) is 5.75 Å². The summed E-state index contributed by atoms with van der Waals surface area (Å²) in [7, 11) is 1.59. The maximum Gasteiger partial charge on any atom is 0.237 e. The zero-order valence-corrected chi connectivity index (χ0v) is 14.4. The van der Waals surface area contributed by atoms with Crippen molar-refractivity contribution < 1.29 is 9.53 Å². The first-order valence-electron chi connectivity index (χ1n) is 6.94. The number of anilines is 1. The van der Waals surface area contributed by atoms with Crippen molar-refractivity contribution in [2.75, 3.05) is 12.4 Å². The van der Waals surface area contributed by atoms with Gasteiger partial charge < -0.3 is 15.8 Å². The van der Waals surface area contributed by atoms with Crippen LogP contribution in [0.1, 0.15) is 32.1 Å². The molecule has 0 unspecified atom stereocenters. The zero-order valence-electron chi connectivity index (χ0n) is 11.9. The highest BCUT2D eigenvalue weighted by molar-refractivity contribution is 9.10. The molecule has 1 saturated carbocycles. The molecule has 3 N–H and O–H groups in total. The number of rotatable bonds is 4. The van der Waals surface area contributed by atoms with Gasteiger partial charge in [-0.15, -0.1) is 0 Å². The van der Waals surface area contributed by atoms with Crippen LogP contribution in [0, 0.1) is 5.41 Å². The predicted octanol–water partition coefficient (Wildman–Crippen LogP) is 3.63. The van der Waals surface area contributed by atoms with E-state index in [1.54, 1.807) is 13.2 Å². The molecule has 0 bridgehead atoms. The minimum Gasteiger partial charge on any atom is -0.495 e. The van der Waals surface area contributed by atoms with E-state index in [0.29, 0.717) is 16.4 Å². The molecule has 2 rings (SSSR count). The second-order valence-corrected chi connectivity index (χ2v) is 6.60. The van der Waals surface area contributed by atoms with Gasteiger partial charge in [-0.3, -0.25) is 4.79 Å². The van der Waals surface area contributed by atoms with Gasteiger partial charge in [0.2, 0.25) is 5.91 Å². The van der Waals surface area contributed by atoms with E-state index in [-0.39, 0.29) is 5.91 Å². The predicted molar refractivity (Wildman–Crippen MR) is 91.6 cm³/mol. The molecule has 0 heterocycles. The molecule has 0 spiro atoms. The Morgan fingerprint density at radius 2 is 2.05 bits per heavy atom. The van der Waals surface area contributed by atoms with Crippen LogP contribution in [0.2, 0.25) is 0 Å². The van der Waals surface area contributed by atoms with Crippen molar-refractivity contribution in [2.24, 2.45) is 11.1 Å². The normalized spacial score (nSPS) is 17.0. The monoisotopic (exact) mass is 370 g/mol. The minimum atomic E-state index is -0.714. The first kappa shape index (κ1) is 16.2. The smallest absolute Gasteiger partial charge is 0.237 e. The number of nitrogens with one attached hydrogen (secondary N) is 1. The van der Waals surface area contributed by atoms with E-state index in [1.807, 2.05) is 12.1 Å². The van der Waals surface area contributed by atoms with Gasteiger partial charge in [-0.25, -0.2) is 0 Å². The quantitative estimate of drug-likeness (QED) is 0.794. The van der Waals surface area contributed by atoms with E-state index in [4.69, 9.17) is 22.7 Å². The van der Waals surface area contributed by atoms with Crippen LogP contribution in [0.4, 0.5) is 5.69 Å². The van der Waals surface area contributed by atoms with Crippen molar-refractivity contribution in [2.45, 2.75) is 32.1 Å². The van der Waals surface area contributed by atoms with Crippen molar-refractivity contribution in [3.63, 3.8) is 0 Å². The Labute approximate surface area is 138 Å². The van der Waals surface area contributed by atoms with Crippen molar-refractivity contribution in [1.82, 2.24) is 0 Å². The highest BCUT2D eigenvalue weighted by Gasteiger charge is 2.42. The summed E-state index contributed by atoms with van der Waals surface area (Å²) in [5.41, 5.74) is 5.84. The Bertz CT molecular complexity index is 557. The molecule has 1 aromatic carbocycles. The fourth-order valence-corrected chi connectivity index (χ4v) is 3.43. The SMILES string of the molecule is COc1cc(NC(=O)C2(C(N)=S)CCCCC2)ccc1Br. The van der Waals surface area contributed by atoms with Gasteiger partial charge in [0.05, 0.1) is 22.0 Å². The number of nitrogens with two attached hydrogens (primary N) is 1. The van der Waals surface area contributed by atoms with E-state index in [2.05, 4.69) is 21.2 Å². The molecule has 1 aliphatic carbocycles. The number of ether oxygens (including phenoxy) is 1. The number of amides is 1. The molecule has 114 valence electrons. The van der Waals surface area contributed by atoms with Crippen LogP contribution in [0.15, 0.2) is 22.7 Å². The summed E-state index contributed by atoms with van der Waals surface area (Å²) in [6.07, 6.45) is 4.54. The number of methoxy groups -OCH3 is 1. The molecule has 0 aromatic heterocycles. The van der Waals surface area contributed by atoms with E-state index in [9.17, 15) is 4.79 Å². The second-order valence-electron chi connectivity index (χ2n) is 5.31. The lowest BCUT2D eigenvalue weighted by atomic mass is 9.73. The van der Waals surface area contributed by atoms with Crippen LogP contribution in [0.25, 0.3) is 0 Å². The molecule has 4 nitrogen and oxygen atoms in total. The highest BCUT2D eigenvalue weighted by Crippen LogP contribution is 2.38. The van der Waals surface area contributed by atoms with Crippen LogP contribution >= 0.6 is 28.1 Å². The van der Waals surface area contributed by atoms with Gasteiger partial charge in [-0.05, 0) is 40.9 Å². The highest BCUT2D eigenvalue weighted by atomic mass is 79.9. The van der Waals surface area contributed by atoms with Gasteiger partial charge in [-0.2, -0.15) is 0 Å². The number of hydrogen-bond donors (Lipinski definition) is 2. The van der Waals surface area contributed by atoms with Crippen LogP contribution in [-0.2, 0) is 4.79 Å². The standard InChI is InChI=1S/C15H19BrN2O2S/c1-20-12-9-10(5-6-11(12)16)18-14(19)15(13(17)21)7-3-2-4-8-15/h5-6,9H,2-4,7-8H2,1H3,(H2,17,21)(H,18,19). The van der Waals surface area contributed by atoms with Gasteiger partial charge in [0, 0.05) is 11.8 Å². The third kappa shape index (κ3) is 3.37. The maximum atomic E-state index is 12.7. The van der Waals surface area contributed by atoms with Crippen molar-refractivity contribution in [3.8, 4) is 5.75 Å². The van der Waals surface area contributed by atoms with Gasteiger partial charge in [0.15, 0.2) is 0 Å². The fourth-order valence-electron chi connectivity index (χ4n) is 2.73. The second kappa shape index (κ2) is 6.75. The summed E-state index contributed by atoms with van der Waals surface area (Å²) >= 11 is 8.56. The molecule has 0 aliphatic heterocycles. The number of halogens is 1. The number of thiocarbonyl (C=S) groups is 1. The lowest BCUT2D eigenvalue weighted by Crippen LogP contribution is -2.47. The van der Waals surface area contributed by atoms with Crippen LogP contribution in [0.3, 0.4) is 0 Å². The lowest BCUT2D eigenvalue weighted by molar-refractivity contribution is -0.123. The van der Waals surface area contributed by atoms with Crippen LogP contribution < -0.4 is 15.8 Å². The van der Waals surface area contributed by atoms with E-state index < -0.39 is 5.41 Å². The summed E-state index contributed by atoms with van der Waals surface area (Å²) in [5, 5.41) is 2.93. The minimum absolute atomic E-state index is 0.112. The van der Waals surface area contributed by atoms with E-state index in [0.717, 1.165) is 36.6 Å². The molecule has 21 heavy (non-hydrogen) atoms. The zero-order chi connectivity index (χ0) is 15.5. The first-order valence-corrected chi connectivity index (χ1v) is 8.14. The van der Waals surface area contributed by atoms with Gasteiger partial charge >= 0.3 is 0 Å². The molecular weight excluding hydrogens is 352 g/mol. The molecular formula is C15H19BrN2O2S. The summed E-state index contributed by atoms with van der Waals surface area (Å²) in [4.78, 5) is 13.0. The molecule has 6 heteroatoms. The van der Waals surface area contributed by atoms with Crippen molar-refractivity contribution >= 4 is 44.7 Å². The Hall–Kier alpha value is -1.14. The molecule has 1 aliphatic rings. The molecule has 1 amide bonds. The van der Waals surface area contributed by atoms with Gasteiger partial charge in [-0.1, -0.05) is 31.5 Å². The maximum absolute atomic E-state index is 12.7. The Morgan fingerprint density at radius 3 is 2.62 bits per heavy atom. The summed E-state index contributed by atoms with van der Waals surface area (Å²) in [6.45, 7) is 0. The van der Waals surface area contributed by atoms with Gasteiger partial charge in [0.25, 0.3) is 0 Å². The van der Waals surface area contributed by atoms with E-state index >= 15 is 0 Å². The Kier molecular flexibility index (Phi) is 5.22. The summed E-state index contributed by atoms with van der Waals surface area (Å²) in [5.74, 6) is 0.555. The number of carbonyl (C=O) groups excluding carboxylic acids is 1. The molecule has 0 saturated heterocycles.